The number of aromatic nitrogens is 3. The molecule has 32 heavy (non-hydrogen) atoms. The highest BCUT2D eigenvalue weighted by molar-refractivity contribution is 5.98. The molecule has 168 valence electrons. The quantitative estimate of drug-likeness (QED) is 0.628. The number of carbonyl (C=O) groups excluding carboxylic acids is 1. The van der Waals surface area contributed by atoms with Crippen LogP contribution in [0.2, 0.25) is 0 Å². The van der Waals surface area contributed by atoms with Crippen LogP contribution in [0.4, 0.5) is 5.82 Å². The summed E-state index contributed by atoms with van der Waals surface area (Å²) in [7, 11) is 1.64. The minimum absolute atomic E-state index is 0.00788. The molecule has 2 saturated heterocycles. The summed E-state index contributed by atoms with van der Waals surface area (Å²) in [6, 6.07) is 7.66. The molecule has 4 heterocycles. The van der Waals surface area contributed by atoms with E-state index in [1.807, 2.05) is 24.3 Å². The van der Waals surface area contributed by atoms with Crippen LogP contribution in [0.25, 0.3) is 22.4 Å². The van der Waals surface area contributed by atoms with Gasteiger partial charge in [0.25, 0.3) is 5.71 Å². The minimum atomic E-state index is 0.00788. The van der Waals surface area contributed by atoms with Crippen molar-refractivity contribution < 1.29 is 18.8 Å². The van der Waals surface area contributed by atoms with Crippen molar-refractivity contribution in [2.45, 2.75) is 31.8 Å². The second-order valence-corrected chi connectivity index (χ2v) is 8.28. The van der Waals surface area contributed by atoms with E-state index >= 15 is 0 Å². The number of hydrogen-bond acceptors (Lipinski definition) is 8. The van der Waals surface area contributed by atoms with Gasteiger partial charge in [0.05, 0.1) is 13.2 Å². The molecule has 1 atom stereocenters. The smallest absolute Gasteiger partial charge is 0.263 e. The Labute approximate surface area is 186 Å². The molecule has 9 heteroatoms. The summed E-state index contributed by atoms with van der Waals surface area (Å²) in [6.07, 6.45) is 5.31. The lowest BCUT2D eigenvalue weighted by Crippen LogP contribution is -2.42. The van der Waals surface area contributed by atoms with Crippen molar-refractivity contribution in [2.75, 3.05) is 38.3 Å². The zero-order valence-electron chi connectivity index (χ0n) is 18.1. The zero-order chi connectivity index (χ0) is 21.9. The molecular weight excluding hydrogens is 410 g/mol. The molecule has 0 spiro atoms. The summed E-state index contributed by atoms with van der Waals surface area (Å²) in [5.41, 5.74) is 2.07. The van der Waals surface area contributed by atoms with Gasteiger partial charge in [-0.15, -0.1) is 0 Å². The van der Waals surface area contributed by atoms with Crippen molar-refractivity contribution in [1.29, 1.82) is 0 Å². The summed E-state index contributed by atoms with van der Waals surface area (Å²) in [5.74, 6) is 1.70. The highest BCUT2D eigenvalue weighted by Crippen LogP contribution is 2.35. The fourth-order valence-electron chi connectivity index (χ4n) is 4.47. The number of rotatable bonds is 6. The number of carbonyl (C=O) groups is 1. The van der Waals surface area contributed by atoms with Gasteiger partial charge in [-0.1, -0.05) is 5.16 Å². The molecule has 1 aromatic carbocycles. The van der Waals surface area contributed by atoms with Gasteiger partial charge < -0.3 is 24.2 Å². The number of fused-ring (bicyclic) bond motifs is 1. The number of nitrogens with zero attached hydrogens (tertiary/aromatic N) is 4. The van der Waals surface area contributed by atoms with Crippen LogP contribution in [-0.4, -0.2) is 60.5 Å². The van der Waals surface area contributed by atoms with Gasteiger partial charge in [-0.2, -0.15) is 4.98 Å². The molecule has 1 N–H and O–H groups in total. The average Bonchev–Trinajstić information content (AvgIpc) is 3.53. The molecular formula is C23H27N5O4. The van der Waals surface area contributed by atoms with E-state index in [4.69, 9.17) is 14.0 Å². The largest absolute Gasteiger partial charge is 0.497 e. The van der Waals surface area contributed by atoms with E-state index in [-0.39, 0.29) is 17.9 Å². The summed E-state index contributed by atoms with van der Waals surface area (Å²) < 4.78 is 16.3. The Morgan fingerprint density at radius 3 is 2.72 bits per heavy atom. The summed E-state index contributed by atoms with van der Waals surface area (Å²) in [6.45, 7) is 2.87. The van der Waals surface area contributed by atoms with Crippen LogP contribution in [0.15, 0.2) is 35.1 Å². The Balaban J connectivity index is 1.30. The van der Waals surface area contributed by atoms with Crippen molar-refractivity contribution in [3.63, 3.8) is 0 Å². The number of amides is 1. The SMILES string of the molecule is COc1ccc(-c2noc3ncnc(N4CCC(C(=O)NC[C@@H]5CCCO5)CC4)c23)cc1. The number of anilines is 1. The first-order valence-corrected chi connectivity index (χ1v) is 11.1. The molecule has 2 aromatic heterocycles. The lowest BCUT2D eigenvalue weighted by atomic mass is 9.95. The number of nitrogens with one attached hydrogen (secondary N) is 1. The molecule has 2 aliphatic rings. The van der Waals surface area contributed by atoms with Gasteiger partial charge in [0.1, 0.15) is 29.0 Å². The van der Waals surface area contributed by atoms with E-state index in [9.17, 15) is 4.79 Å². The van der Waals surface area contributed by atoms with Crippen LogP contribution in [0.3, 0.4) is 0 Å². The van der Waals surface area contributed by atoms with Crippen LogP contribution >= 0.6 is 0 Å². The van der Waals surface area contributed by atoms with E-state index in [1.165, 1.54) is 6.33 Å². The third-order valence-electron chi connectivity index (χ3n) is 6.31. The second kappa shape index (κ2) is 9.12. The third kappa shape index (κ3) is 4.12. The predicted molar refractivity (Wildman–Crippen MR) is 119 cm³/mol. The first kappa shape index (κ1) is 20.7. The monoisotopic (exact) mass is 437 g/mol. The average molecular weight is 438 g/mol. The fourth-order valence-corrected chi connectivity index (χ4v) is 4.47. The van der Waals surface area contributed by atoms with Crippen LogP contribution in [-0.2, 0) is 9.53 Å². The Bertz CT molecular complexity index is 1070. The van der Waals surface area contributed by atoms with E-state index in [2.05, 4.69) is 25.3 Å². The van der Waals surface area contributed by atoms with E-state index in [0.29, 0.717) is 18.0 Å². The van der Waals surface area contributed by atoms with Crippen molar-refractivity contribution in [2.24, 2.45) is 5.92 Å². The van der Waals surface area contributed by atoms with E-state index in [0.717, 1.165) is 67.9 Å². The standard InChI is InChI=1S/C23H27N5O4/c1-30-17-6-4-15(5-7-17)20-19-21(25-14-26-23(19)32-27-20)28-10-8-16(9-11-28)22(29)24-13-18-3-2-12-31-18/h4-7,14,16,18H,2-3,8-13H2,1H3,(H,24,29)/t18-/m0/s1. The summed E-state index contributed by atoms with van der Waals surface area (Å²) >= 11 is 0. The summed E-state index contributed by atoms with van der Waals surface area (Å²) in [4.78, 5) is 23.6. The predicted octanol–water partition coefficient (Wildman–Crippen LogP) is 2.81. The normalized spacial score (nSPS) is 19.4. The fraction of sp³-hybridized carbons (Fsp3) is 0.478. The number of hydrogen-bond donors (Lipinski definition) is 1. The molecule has 2 fully saturated rings. The van der Waals surface area contributed by atoms with Gasteiger partial charge in [-0.25, -0.2) is 4.98 Å². The number of piperidine rings is 1. The highest BCUT2D eigenvalue weighted by atomic mass is 16.5. The molecule has 5 rings (SSSR count). The highest BCUT2D eigenvalue weighted by Gasteiger charge is 2.29. The topological polar surface area (TPSA) is 103 Å². The van der Waals surface area contributed by atoms with Crippen molar-refractivity contribution >= 4 is 22.8 Å². The van der Waals surface area contributed by atoms with E-state index < -0.39 is 0 Å². The zero-order valence-corrected chi connectivity index (χ0v) is 18.1. The first-order valence-electron chi connectivity index (χ1n) is 11.1. The number of ether oxygens (including phenoxy) is 2. The maximum Gasteiger partial charge on any atom is 0.263 e. The van der Waals surface area contributed by atoms with Gasteiger partial charge in [0, 0.05) is 37.7 Å². The molecule has 0 saturated carbocycles. The molecule has 0 unspecified atom stereocenters. The molecule has 3 aromatic rings. The van der Waals surface area contributed by atoms with Gasteiger partial charge in [-0.05, 0) is 49.9 Å². The lowest BCUT2D eigenvalue weighted by molar-refractivity contribution is -0.126. The van der Waals surface area contributed by atoms with Crippen LogP contribution in [0.5, 0.6) is 5.75 Å². The minimum Gasteiger partial charge on any atom is -0.497 e. The maximum atomic E-state index is 12.6. The third-order valence-corrected chi connectivity index (χ3v) is 6.31. The second-order valence-electron chi connectivity index (χ2n) is 8.28. The number of methoxy groups -OCH3 is 1. The Hall–Kier alpha value is -3.20. The van der Waals surface area contributed by atoms with Crippen molar-refractivity contribution in [3.05, 3.63) is 30.6 Å². The molecule has 9 nitrogen and oxygen atoms in total. The molecule has 1 amide bonds. The molecule has 0 radical (unpaired) electrons. The van der Waals surface area contributed by atoms with Gasteiger partial charge in [-0.3, -0.25) is 4.79 Å². The molecule has 2 aliphatic heterocycles. The van der Waals surface area contributed by atoms with Crippen LogP contribution in [0, 0.1) is 5.92 Å². The Morgan fingerprint density at radius 1 is 1.19 bits per heavy atom. The maximum absolute atomic E-state index is 12.6. The van der Waals surface area contributed by atoms with Gasteiger partial charge in [0.15, 0.2) is 0 Å². The van der Waals surface area contributed by atoms with Crippen molar-refractivity contribution in [1.82, 2.24) is 20.4 Å². The Morgan fingerprint density at radius 2 is 2.00 bits per heavy atom. The first-order chi connectivity index (χ1) is 15.7. The van der Waals surface area contributed by atoms with E-state index in [1.54, 1.807) is 7.11 Å². The molecule has 0 aliphatic carbocycles. The summed E-state index contributed by atoms with van der Waals surface area (Å²) in [5, 5.41) is 8.12. The molecule has 0 bridgehead atoms. The van der Waals surface area contributed by atoms with Crippen LogP contribution < -0.4 is 15.0 Å². The van der Waals surface area contributed by atoms with Crippen LogP contribution in [0.1, 0.15) is 25.7 Å². The van der Waals surface area contributed by atoms with Gasteiger partial charge >= 0.3 is 0 Å². The number of benzene rings is 1. The lowest BCUT2D eigenvalue weighted by Gasteiger charge is -2.32. The van der Waals surface area contributed by atoms with Gasteiger partial charge in [0.2, 0.25) is 5.91 Å². The Kier molecular flexibility index (Phi) is 5.89. The van der Waals surface area contributed by atoms with Crippen molar-refractivity contribution in [3.8, 4) is 17.0 Å².